The molecule has 3 heterocycles. The number of carbonyl (C=O) groups excluding carboxylic acids is 3. The van der Waals surface area contributed by atoms with Crippen LogP contribution in [0.15, 0.2) is 54.6 Å². The van der Waals surface area contributed by atoms with E-state index in [0.29, 0.717) is 63.2 Å². The van der Waals surface area contributed by atoms with Crippen LogP contribution in [0.2, 0.25) is 0 Å². The third-order valence-electron chi connectivity index (χ3n) is 8.76. The first-order valence-electron chi connectivity index (χ1n) is 14.4. The van der Waals surface area contributed by atoms with Crippen LogP contribution in [0.1, 0.15) is 51.5 Å². The van der Waals surface area contributed by atoms with Gasteiger partial charge in [0.2, 0.25) is 17.7 Å². The van der Waals surface area contributed by atoms with E-state index in [0.717, 1.165) is 5.56 Å². The first kappa shape index (κ1) is 28.1. The molecule has 3 N–H and O–H groups in total. The van der Waals surface area contributed by atoms with Gasteiger partial charge in [0.25, 0.3) is 0 Å². The summed E-state index contributed by atoms with van der Waals surface area (Å²) in [7, 11) is 0. The zero-order valence-electron chi connectivity index (χ0n) is 23.2. The first-order chi connectivity index (χ1) is 19.4. The number of hydrogen-bond acceptors (Lipinski definition) is 6. The smallest absolute Gasteiger partial charge is 0.246 e. The molecule has 9 nitrogen and oxygen atoms in total. The molecule has 2 aromatic rings. The predicted molar refractivity (Wildman–Crippen MR) is 149 cm³/mol. The van der Waals surface area contributed by atoms with Gasteiger partial charge in [-0.2, -0.15) is 0 Å². The Hall–Kier alpha value is -3.43. The van der Waals surface area contributed by atoms with E-state index in [4.69, 9.17) is 9.47 Å². The summed E-state index contributed by atoms with van der Waals surface area (Å²) >= 11 is 0. The third kappa shape index (κ3) is 4.86. The molecular formula is C31H39N3O6. The van der Waals surface area contributed by atoms with Crippen LogP contribution in [0.3, 0.4) is 0 Å². The van der Waals surface area contributed by atoms with Crippen LogP contribution < -0.4 is 15.4 Å². The Balaban J connectivity index is 1.43. The number of unbranched alkanes of at least 4 members (excludes halogenated alkanes) is 1. The molecule has 40 heavy (non-hydrogen) atoms. The van der Waals surface area contributed by atoms with Gasteiger partial charge in [0.15, 0.2) is 0 Å². The Kier molecular flexibility index (Phi) is 8.14. The molecule has 2 unspecified atom stereocenters. The highest BCUT2D eigenvalue weighted by Gasteiger charge is 2.78. The summed E-state index contributed by atoms with van der Waals surface area (Å²) in [4.78, 5) is 43.4. The summed E-state index contributed by atoms with van der Waals surface area (Å²) < 4.78 is 12.3. The maximum atomic E-state index is 14.1. The number of nitrogens with zero attached hydrogens (tertiary/aromatic N) is 1. The molecule has 214 valence electrons. The fourth-order valence-corrected chi connectivity index (χ4v) is 6.95. The lowest BCUT2D eigenvalue weighted by atomic mass is 9.65. The third-order valence-corrected chi connectivity index (χ3v) is 8.76. The van der Waals surface area contributed by atoms with Gasteiger partial charge in [0.05, 0.1) is 24.0 Å². The predicted octanol–water partition coefficient (Wildman–Crippen LogP) is 3.27. The van der Waals surface area contributed by atoms with Crippen molar-refractivity contribution in [2.24, 2.45) is 11.8 Å². The number of likely N-dealkylation sites (tertiary alicyclic amines) is 1. The van der Waals surface area contributed by atoms with Crippen molar-refractivity contribution in [1.82, 2.24) is 10.2 Å². The molecule has 9 heteroatoms. The highest BCUT2D eigenvalue weighted by Crippen LogP contribution is 2.64. The standard InChI is InChI=1S/C31H39N3O6/c1-3-30-16-17-31(40-30)25(24(30)27(36)33-22-12-14-23(15-13-22)39-4-2)29(38)34(18-8-9-19-35)26(31)28(37)32-20-21-10-6-5-7-11-21/h5-7,10-15,24-26,35H,3-4,8-9,16-20H2,1-2H3,(H,32,37)(H,33,36)/t24-,25+,26?,30+,31?/m1/s1. The number of anilines is 1. The van der Waals surface area contributed by atoms with Crippen molar-refractivity contribution in [3.63, 3.8) is 0 Å². The normalized spacial score (nSPS) is 28.4. The van der Waals surface area contributed by atoms with Crippen molar-refractivity contribution >= 4 is 23.4 Å². The van der Waals surface area contributed by atoms with E-state index < -0.39 is 29.1 Å². The molecule has 5 rings (SSSR count). The summed E-state index contributed by atoms with van der Waals surface area (Å²) in [5.74, 6) is -1.54. The van der Waals surface area contributed by atoms with E-state index in [9.17, 15) is 19.5 Å². The summed E-state index contributed by atoms with van der Waals surface area (Å²) in [6.07, 6.45) is 2.75. The SMILES string of the molecule is CCOc1ccc(NC(=O)[C@H]2[C@H]3C(=O)N(CCCCO)C(C(=O)NCc4ccccc4)C34CC[C@]2(CC)O4)cc1. The summed E-state index contributed by atoms with van der Waals surface area (Å²) in [5.41, 5.74) is -0.326. The summed E-state index contributed by atoms with van der Waals surface area (Å²) in [6.45, 7) is 5.08. The molecule has 1 spiro atoms. The second-order valence-electron chi connectivity index (χ2n) is 10.9. The van der Waals surface area contributed by atoms with Gasteiger partial charge in [0.1, 0.15) is 17.4 Å². The Morgan fingerprint density at radius 1 is 1.05 bits per heavy atom. The maximum absolute atomic E-state index is 14.1. The minimum atomic E-state index is -1.08. The van der Waals surface area contributed by atoms with Crippen LogP contribution in [0.25, 0.3) is 0 Å². The van der Waals surface area contributed by atoms with E-state index in [-0.39, 0.29) is 24.3 Å². The minimum Gasteiger partial charge on any atom is -0.494 e. The average molecular weight is 550 g/mol. The topological polar surface area (TPSA) is 117 Å². The van der Waals surface area contributed by atoms with E-state index in [1.165, 1.54) is 0 Å². The molecule has 3 fully saturated rings. The molecule has 0 radical (unpaired) electrons. The van der Waals surface area contributed by atoms with Crippen LogP contribution in [0.5, 0.6) is 5.75 Å². The van der Waals surface area contributed by atoms with E-state index in [1.807, 2.05) is 44.2 Å². The maximum Gasteiger partial charge on any atom is 0.246 e. The Morgan fingerprint density at radius 2 is 1.80 bits per heavy atom. The average Bonchev–Trinajstić information content (AvgIpc) is 3.57. The lowest BCUT2D eigenvalue weighted by molar-refractivity contribution is -0.146. The number of ether oxygens (including phenoxy) is 2. The van der Waals surface area contributed by atoms with Crippen molar-refractivity contribution in [3.05, 3.63) is 60.2 Å². The lowest BCUT2D eigenvalue weighted by Crippen LogP contribution is -2.55. The molecule has 3 saturated heterocycles. The largest absolute Gasteiger partial charge is 0.494 e. The van der Waals surface area contributed by atoms with E-state index in [1.54, 1.807) is 29.2 Å². The Labute approximate surface area is 235 Å². The van der Waals surface area contributed by atoms with Crippen LogP contribution in [-0.4, -0.2) is 64.7 Å². The van der Waals surface area contributed by atoms with Gasteiger partial charge >= 0.3 is 0 Å². The molecule has 2 bridgehead atoms. The van der Waals surface area contributed by atoms with Crippen molar-refractivity contribution < 1.29 is 29.0 Å². The van der Waals surface area contributed by atoms with Crippen LogP contribution in [0, 0.1) is 11.8 Å². The number of fused-ring (bicyclic) bond motifs is 1. The molecule has 0 aliphatic carbocycles. The van der Waals surface area contributed by atoms with Crippen molar-refractivity contribution in [2.75, 3.05) is 25.1 Å². The van der Waals surface area contributed by atoms with Crippen molar-refractivity contribution in [2.45, 2.75) is 69.7 Å². The van der Waals surface area contributed by atoms with Gasteiger partial charge in [-0.25, -0.2) is 0 Å². The molecule has 3 aliphatic heterocycles. The van der Waals surface area contributed by atoms with Gasteiger partial charge in [-0.1, -0.05) is 37.3 Å². The number of aliphatic hydroxyl groups is 1. The lowest BCUT2D eigenvalue weighted by Gasteiger charge is -2.34. The van der Waals surface area contributed by atoms with Crippen LogP contribution >= 0.6 is 0 Å². The number of amides is 3. The molecule has 3 aliphatic rings. The number of rotatable bonds is 12. The van der Waals surface area contributed by atoms with Crippen molar-refractivity contribution in [3.8, 4) is 5.75 Å². The summed E-state index contributed by atoms with van der Waals surface area (Å²) in [5, 5.41) is 15.4. The molecule has 2 aromatic carbocycles. The van der Waals surface area contributed by atoms with Gasteiger partial charge in [-0.05, 0) is 68.9 Å². The quantitative estimate of drug-likeness (QED) is 0.350. The molecule has 0 saturated carbocycles. The highest BCUT2D eigenvalue weighted by molar-refractivity contribution is 6.02. The number of aliphatic hydroxyl groups excluding tert-OH is 1. The molecule has 5 atom stereocenters. The molecule has 0 aromatic heterocycles. The monoisotopic (exact) mass is 549 g/mol. The number of nitrogens with one attached hydrogen (secondary N) is 2. The number of hydrogen-bond donors (Lipinski definition) is 3. The second kappa shape index (κ2) is 11.6. The fourth-order valence-electron chi connectivity index (χ4n) is 6.95. The van der Waals surface area contributed by atoms with Crippen molar-refractivity contribution in [1.29, 1.82) is 0 Å². The van der Waals surface area contributed by atoms with Crippen LogP contribution in [-0.2, 0) is 25.7 Å². The molecule has 3 amide bonds. The zero-order valence-corrected chi connectivity index (χ0v) is 23.2. The number of benzene rings is 2. The van der Waals surface area contributed by atoms with Gasteiger partial charge in [-0.3, -0.25) is 14.4 Å². The van der Waals surface area contributed by atoms with Crippen LogP contribution in [0.4, 0.5) is 5.69 Å². The summed E-state index contributed by atoms with van der Waals surface area (Å²) in [6, 6.07) is 15.9. The highest BCUT2D eigenvalue weighted by atomic mass is 16.5. The zero-order chi connectivity index (χ0) is 28.3. The van der Waals surface area contributed by atoms with Gasteiger partial charge < -0.3 is 30.1 Å². The fraction of sp³-hybridized carbons (Fsp3) is 0.516. The Bertz CT molecular complexity index is 1220. The van der Waals surface area contributed by atoms with E-state index >= 15 is 0 Å². The minimum absolute atomic E-state index is 0.00400. The second-order valence-corrected chi connectivity index (χ2v) is 10.9. The first-order valence-corrected chi connectivity index (χ1v) is 14.4. The Morgan fingerprint density at radius 3 is 2.48 bits per heavy atom. The van der Waals surface area contributed by atoms with Gasteiger partial charge in [-0.15, -0.1) is 0 Å². The molecular weight excluding hydrogens is 510 g/mol. The number of carbonyl (C=O) groups is 3. The van der Waals surface area contributed by atoms with Gasteiger partial charge in [0, 0.05) is 25.4 Å². The van der Waals surface area contributed by atoms with E-state index in [2.05, 4.69) is 10.6 Å².